The Bertz CT molecular complexity index is 1600. The Kier molecular flexibility index (Phi) is 9.12. The number of carbonyl (C=O) groups is 2. The SMILES string of the molecule is CNC(=O)c1cc(C2=NC(C)(C)CO2)c(NC(=O)c2cccc3[nH]c(C)nc23)c(OC)c1-c1ccccc1.Cl.Cl. The van der Waals surface area contributed by atoms with Crippen molar-refractivity contribution in [2.24, 2.45) is 4.99 Å². The predicted molar refractivity (Wildman–Crippen MR) is 162 cm³/mol. The summed E-state index contributed by atoms with van der Waals surface area (Å²) in [5.41, 5.74) is 3.71. The molecule has 0 saturated heterocycles. The minimum absolute atomic E-state index is 0. The smallest absolute Gasteiger partial charge is 0.258 e. The third-order valence-corrected chi connectivity index (χ3v) is 6.33. The Morgan fingerprint density at radius 3 is 2.38 bits per heavy atom. The number of benzene rings is 3. The molecule has 3 N–H and O–H groups in total. The highest BCUT2D eigenvalue weighted by atomic mass is 35.5. The predicted octanol–water partition coefficient (Wildman–Crippen LogP) is 5.56. The molecule has 0 fully saturated rings. The number of H-pyrrole nitrogens is 1. The number of hydrogen-bond donors (Lipinski definition) is 3. The lowest BCUT2D eigenvalue weighted by Crippen LogP contribution is -2.22. The number of fused-ring (bicyclic) bond motifs is 1. The maximum Gasteiger partial charge on any atom is 0.258 e. The minimum Gasteiger partial charge on any atom is -0.494 e. The minimum atomic E-state index is -0.465. The number of aromatic nitrogens is 2. The fraction of sp³-hybridized carbons (Fsp3) is 0.241. The lowest BCUT2D eigenvalue weighted by molar-refractivity contribution is 0.0962. The van der Waals surface area contributed by atoms with E-state index in [1.54, 1.807) is 25.2 Å². The molecule has 0 unspecified atom stereocenters. The maximum atomic E-state index is 13.7. The molecule has 0 atom stereocenters. The van der Waals surface area contributed by atoms with Gasteiger partial charge in [0.25, 0.3) is 11.8 Å². The van der Waals surface area contributed by atoms with Crippen LogP contribution in [0.4, 0.5) is 5.69 Å². The fourth-order valence-corrected chi connectivity index (χ4v) is 4.60. The summed E-state index contributed by atoms with van der Waals surface area (Å²) in [4.78, 5) is 39.3. The first-order valence-electron chi connectivity index (χ1n) is 12.2. The van der Waals surface area contributed by atoms with Crippen molar-refractivity contribution >= 4 is 59.2 Å². The van der Waals surface area contributed by atoms with Gasteiger partial charge >= 0.3 is 0 Å². The van der Waals surface area contributed by atoms with Gasteiger partial charge in [-0.3, -0.25) is 9.59 Å². The van der Waals surface area contributed by atoms with Crippen LogP contribution in [0.15, 0.2) is 59.6 Å². The average Bonchev–Trinajstić information content (AvgIpc) is 3.48. The summed E-state index contributed by atoms with van der Waals surface area (Å²) < 4.78 is 11.9. The molecule has 1 aliphatic heterocycles. The summed E-state index contributed by atoms with van der Waals surface area (Å²) in [6, 6.07) is 16.5. The van der Waals surface area contributed by atoms with E-state index < -0.39 is 5.54 Å². The van der Waals surface area contributed by atoms with Crippen molar-refractivity contribution in [3.8, 4) is 16.9 Å². The number of rotatable bonds is 6. The number of nitrogens with one attached hydrogen (secondary N) is 3. The van der Waals surface area contributed by atoms with E-state index in [0.29, 0.717) is 57.5 Å². The number of methoxy groups -OCH3 is 1. The lowest BCUT2D eigenvalue weighted by Gasteiger charge is -2.21. The standard InChI is InChI=1S/C29H29N5O4.2ClH/c1-16-31-21-13-9-12-18(23(21)32-16)27(36)33-24-20(28-34-29(2,3)15-38-28)14-19(26(35)30-4)22(25(24)37-5)17-10-7-6-8-11-17;;/h6-14H,15H2,1-5H3,(H,30,35)(H,31,32)(H,33,36);2*1H. The van der Waals surface area contributed by atoms with E-state index in [0.717, 1.165) is 11.1 Å². The Morgan fingerprint density at radius 1 is 1.02 bits per heavy atom. The van der Waals surface area contributed by atoms with Crippen molar-refractivity contribution in [3.63, 3.8) is 0 Å². The fourth-order valence-electron chi connectivity index (χ4n) is 4.60. The van der Waals surface area contributed by atoms with Crippen LogP contribution in [0.1, 0.15) is 46.0 Å². The Morgan fingerprint density at radius 2 is 1.75 bits per heavy atom. The van der Waals surface area contributed by atoms with Gasteiger partial charge in [0.15, 0.2) is 5.75 Å². The van der Waals surface area contributed by atoms with Gasteiger partial charge in [0.1, 0.15) is 17.9 Å². The second-order valence-corrected chi connectivity index (χ2v) is 9.70. The molecule has 0 saturated carbocycles. The van der Waals surface area contributed by atoms with E-state index in [2.05, 4.69) is 20.6 Å². The number of aromatic amines is 1. The number of carbonyl (C=O) groups excluding carboxylic acids is 2. The van der Waals surface area contributed by atoms with Gasteiger partial charge in [-0.05, 0) is 44.5 Å². The number of imidazole rings is 1. The van der Waals surface area contributed by atoms with E-state index in [4.69, 9.17) is 14.5 Å². The van der Waals surface area contributed by atoms with Gasteiger partial charge in [-0.1, -0.05) is 36.4 Å². The Labute approximate surface area is 244 Å². The number of aliphatic imine (C=N–C) groups is 1. The number of aryl methyl sites for hydroxylation is 1. The largest absolute Gasteiger partial charge is 0.494 e. The van der Waals surface area contributed by atoms with Crippen molar-refractivity contribution < 1.29 is 19.1 Å². The van der Waals surface area contributed by atoms with Crippen LogP contribution in [0, 0.1) is 6.92 Å². The third kappa shape index (κ3) is 5.61. The molecule has 2 heterocycles. The van der Waals surface area contributed by atoms with Crippen LogP contribution in [0.5, 0.6) is 5.75 Å². The molecule has 4 aromatic rings. The molecular weight excluding hydrogens is 553 g/mol. The zero-order valence-electron chi connectivity index (χ0n) is 22.7. The van der Waals surface area contributed by atoms with Crippen LogP contribution in [0.25, 0.3) is 22.2 Å². The second kappa shape index (κ2) is 12.0. The van der Waals surface area contributed by atoms with Crippen LogP contribution in [0.3, 0.4) is 0 Å². The van der Waals surface area contributed by atoms with E-state index in [1.807, 2.05) is 57.2 Å². The molecule has 2 amide bonds. The lowest BCUT2D eigenvalue weighted by atomic mass is 9.93. The second-order valence-electron chi connectivity index (χ2n) is 9.70. The Hall–Kier alpha value is -4.08. The van der Waals surface area contributed by atoms with Crippen molar-refractivity contribution in [1.82, 2.24) is 15.3 Å². The van der Waals surface area contributed by atoms with E-state index in [9.17, 15) is 9.59 Å². The summed E-state index contributed by atoms with van der Waals surface area (Å²) in [6.07, 6.45) is 0. The molecule has 1 aliphatic rings. The van der Waals surface area contributed by atoms with Crippen LogP contribution in [-0.4, -0.2) is 54.0 Å². The van der Waals surface area contributed by atoms with Gasteiger partial charge in [0.05, 0.1) is 40.5 Å². The van der Waals surface area contributed by atoms with Crippen LogP contribution >= 0.6 is 24.8 Å². The van der Waals surface area contributed by atoms with Gasteiger partial charge < -0.3 is 25.1 Å². The molecule has 210 valence electrons. The molecule has 3 aromatic carbocycles. The average molecular weight is 585 g/mol. The van der Waals surface area contributed by atoms with Crippen LogP contribution < -0.4 is 15.4 Å². The van der Waals surface area contributed by atoms with Gasteiger partial charge in [0, 0.05) is 12.6 Å². The molecule has 0 bridgehead atoms. The van der Waals surface area contributed by atoms with E-state index >= 15 is 0 Å². The number of nitrogens with zero attached hydrogens (tertiary/aromatic N) is 2. The first-order chi connectivity index (χ1) is 18.2. The van der Waals surface area contributed by atoms with Gasteiger partial charge in [0.2, 0.25) is 5.90 Å². The molecule has 1 aromatic heterocycles. The summed E-state index contributed by atoms with van der Waals surface area (Å²) in [5.74, 6) is 0.655. The van der Waals surface area contributed by atoms with Crippen molar-refractivity contribution in [1.29, 1.82) is 0 Å². The number of halogens is 2. The number of hydrogen-bond acceptors (Lipinski definition) is 6. The van der Waals surface area contributed by atoms with Crippen molar-refractivity contribution in [3.05, 3.63) is 77.1 Å². The van der Waals surface area contributed by atoms with Crippen molar-refractivity contribution in [2.45, 2.75) is 26.3 Å². The summed E-state index contributed by atoms with van der Waals surface area (Å²) >= 11 is 0. The van der Waals surface area contributed by atoms with Gasteiger partial charge in [-0.25, -0.2) is 9.98 Å². The van der Waals surface area contributed by atoms with Crippen molar-refractivity contribution in [2.75, 3.05) is 26.1 Å². The quantitative estimate of drug-likeness (QED) is 0.275. The van der Waals surface area contributed by atoms with Crippen LogP contribution in [-0.2, 0) is 4.74 Å². The zero-order valence-corrected chi connectivity index (χ0v) is 24.4. The van der Waals surface area contributed by atoms with E-state index in [-0.39, 0.29) is 36.6 Å². The molecule has 5 rings (SSSR count). The molecule has 9 nitrogen and oxygen atoms in total. The highest BCUT2D eigenvalue weighted by molar-refractivity contribution is 6.17. The molecule has 0 aliphatic carbocycles. The first kappa shape index (κ1) is 30.5. The molecule has 0 radical (unpaired) electrons. The summed E-state index contributed by atoms with van der Waals surface area (Å²) in [6.45, 7) is 6.10. The topological polar surface area (TPSA) is 118 Å². The number of ether oxygens (including phenoxy) is 2. The first-order valence-corrected chi connectivity index (χ1v) is 12.2. The van der Waals surface area contributed by atoms with Crippen LogP contribution in [0.2, 0.25) is 0 Å². The molecular formula is C29H31Cl2N5O4. The number of para-hydroxylation sites is 1. The molecule has 0 spiro atoms. The molecule has 11 heteroatoms. The highest BCUT2D eigenvalue weighted by Crippen LogP contribution is 2.43. The number of amides is 2. The summed E-state index contributed by atoms with van der Waals surface area (Å²) in [7, 11) is 3.08. The third-order valence-electron chi connectivity index (χ3n) is 6.33. The monoisotopic (exact) mass is 583 g/mol. The maximum absolute atomic E-state index is 13.7. The molecule has 40 heavy (non-hydrogen) atoms. The highest BCUT2D eigenvalue weighted by Gasteiger charge is 2.33. The number of anilines is 1. The Balaban J connectivity index is 0.00000220. The zero-order chi connectivity index (χ0) is 27.0. The normalized spacial score (nSPS) is 13.4. The summed E-state index contributed by atoms with van der Waals surface area (Å²) in [5, 5.41) is 5.75. The van der Waals surface area contributed by atoms with E-state index in [1.165, 1.54) is 7.11 Å². The van der Waals surface area contributed by atoms with Gasteiger partial charge in [-0.2, -0.15) is 0 Å². The van der Waals surface area contributed by atoms with Gasteiger partial charge in [-0.15, -0.1) is 24.8 Å².